The Bertz CT molecular complexity index is 493. The topological polar surface area (TPSA) is 38.0 Å². The summed E-state index contributed by atoms with van der Waals surface area (Å²) in [5.41, 5.74) is 2.09. The Morgan fingerprint density at radius 2 is 2.35 bits per heavy atom. The average Bonchev–Trinajstić information content (AvgIpc) is 2.92. The van der Waals surface area contributed by atoms with Crippen molar-refractivity contribution < 1.29 is 5.11 Å². The van der Waals surface area contributed by atoms with Crippen molar-refractivity contribution in [1.82, 2.24) is 9.78 Å². The molecule has 3 nitrogen and oxygen atoms in total. The molecule has 0 amide bonds. The van der Waals surface area contributed by atoms with Gasteiger partial charge in [-0.2, -0.15) is 5.10 Å². The van der Waals surface area contributed by atoms with E-state index >= 15 is 0 Å². The van der Waals surface area contributed by atoms with Gasteiger partial charge in [-0.1, -0.05) is 13.0 Å². The molecule has 0 spiro atoms. The summed E-state index contributed by atoms with van der Waals surface area (Å²) in [6.07, 6.45) is 1.03. The quantitative estimate of drug-likeness (QED) is 0.941. The standard InChI is InChI=1S/C12H15BrN2OS/c1-3-8-12(13)9(15(2)14-8)7-10(16)11-5-4-6-17-11/h4-6,10,16H,3,7H2,1-2H3. The lowest BCUT2D eigenvalue weighted by atomic mass is 10.1. The van der Waals surface area contributed by atoms with E-state index in [-0.39, 0.29) is 0 Å². The summed E-state index contributed by atoms with van der Waals surface area (Å²) in [4.78, 5) is 0.996. The van der Waals surface area contributed by atoms with E-state index in [4.69, 9.17) is 0 Å². The molecule has 0 aromatic carbocycles. The van der Waals surface area contributed by atoms with Gasteiger partial charge < -0.3 is 5.11 Å². The number of nitrogens with zero attached hydrogens (tertiary/aromatic N) is 2. The minimum absolute atomic E-state index is 0.452. The second-order valence-electron chi connectivity index (χ2n) is 3.92. The zero-order valence-electron chi connectivity index (χ0n) is 9.85. The lowest BCUT2D eigenvalue weighted by molar-refractivity contribution is 0.179. The molecule has 1 N–H and O–H groups in total. The predicted octanol–water partition coefficient (Wildman–Crippen LogP) is 3.08. The second kappa shape index (κ2) is 5.33. The number of aliphatic hydroxyl groups is 1. The first-order chi connectivity index (χ1) is 8.13. The van der Waals surface area contributed by atoms with Crippen molar-refractivity contribution in [1.29, 1.82) is 0 Å². The van der Waals surface area contributed by atoms with E-state index in [0.29, 0.717) is 6.42 Å². The number of hydrogen-bond acceptors (Lipinski definition) is 3. The third-order valence-corrected chi connectivity index (χ3v) is 4.65. The van der Waals surface area contributed by atoms with Gasteiger partial charge >= 0.3 is 0 Å². The van der Waals surface area contributed by atoms with E-state index in [0.717, 1.165) is 27.2 Å². The van der Waals surface area contributed by atoms with Crippen molar-refractivity contribution in [3.63, 3.8) is 0 Å². The van der Waals surface area contributed by atoms with Gasteiger partial charge in [0.15, 0.2) is 0 Å². The lowest BCUT2D eigenvalue weighted by Gasteiger charge is -2.09. The van der Waals surface area contributed by atoms with E-state index in [1.165, 1.54) is 0 Å². The number of rotatable bonds is 4. The second-order valence-corrected chi connectivity index (χ2v) is 5.69. The summed E-state index contributed by atoms with van der Waals surface area (Å²) in [7, 11) is 1.92. The first kappa shape index (κ1) is 12.8. The number of aliphatic hydroxyl groups excluding tert-OH is 1. The van der Waals surface area contributed by atoms with Gasteiger partial charge in [0, 0.05) is 18.3 Å². The summed E-state index contributed by atoms with van der Waals surface area (Å²) in [6.45, 7) is 2.08. The fourth-order valence-electron chi connectivity index (χ4n) is 1.81. The molecule has 0 aliphatic heterocycles. The molecule has 0 bridgehead atoms. The van der Waals surface area contributed by atoms with Gasteiger partial charge in [-0.3, -0.25) is 4.68 Å². The highest BCUT2D eigenvalue weighted by Crippen LogP contribution is 2.28. The third-order valence-electron chi connectivity index (χ3n) is 2.76. The molecular formula is C12H15BrN2OS. The van der Waals surface area contributed by atoms with Crippen molar-refractivity contribution in [2.45, 2.75) is 25.9 Å². The molecule has 0 saturated carbocycles. The van der Waals surface area contributed by atoms with Crippen molar-refractivity contribution in [2.75, 3.05) is 0 Å². The molecule has 2 heterocycles. The molecule has 2 aromatic rings. The molecule has 1 atom stereocenters. The molecule has 0 aliphatic rings. The highest BCUT2D eigenvalue weighted by molar-refractivity contribution is 9.10. The molecule has 0 radical (unpaired) electrons. The molecule has 0 fully saturated rings. The van der Waals surface area contributed by atoms with Gasteiger partial charge in [0.1, 0.15) is 0 Å². The number of aromatic nitrogens is 2. The van der Waals surface area contributed by atoms with Gasteiger partial charge in [-0.25, -0.2) is 0 Å². The monoisotopic (exact) mass is 314 g/mol. The summed E-state index contributed by atoms with van der Waals surface area (Å²) in [5.74, 6) is 0. The number of thiophene rings is 1. The Morgan fingerprint density at radius 3 is 2.88 bits per heavy atom. The van der Waals surface area contributed by atoms with Crippen molar-refractivity contribution >= 4 is 27.3 Å². The summed E-state index contributed by atoms with van der Waals surface area (Å²) >= 11 is 5.14. The van der Waals surface area contributed by atoms with E-state index < -0.39 is 6.10 Å². The Hall–Kier alpha value is -0.650. The molecule has 5 heteroatoms. The third kappa shape index (κ3) is 2.61. The van der Waals surface area contributed by atoms with Crippen LogP contribution >= 0.6 is 27.3 Å². The van der Waals surface area contributed by atoms with Gasteiger partial charge in [-0.05, 0) is 33.8 Å². The molecule has 2 aromatic heterocycles. The van der Waals surface area contributed by atoms with E-state index in [1.807, 2.05) is 29.2 Å². The fraction of sp³-hybridized carbons (Fsp3) is 0.417. The van der Waals surface area contributed by atoms with Gasteiger partial charge in [0.2, 0.25) is 0 Å². The van der Waals surface area contributed by atoms with Gasteiger partial charge in [-0.15, -0.1) is 11.3 Å². The normalized spacial score (nSPS) is 12.9. The zero-order valence-corrected chi connectivity index (χ0v) is 12.3. The first-order valence-corrected chi connectivity index (χ1v) is 7.22. The van der Waals surface area contributed by atoms with Crippen LogP contribution in [0.1, 0.15) is 29.3 Å². The van der Waals surface area contributed by atoms with Crippen molar-refractivity contribution in [3.05, 3.63) is 38.3 Å². The zero-order chi connectivity index (χ0) is 12.4. The maximum absolute atomic E-state index is 10.1. The van der Waals surface area contributed by atoms with Crippen LogP contribution in [0.2, 0.25) is 0 Å². The molecule has 17 heavy (non-hydrogen) atoms. The molecular weight excluding hydrogens is 300 g/mol. The smallest absolute Gasteiger partial charge is 0.0937 e. The Balaban J connectivity index is 2.21. The molecule has 92 valence electrons. The SMILES string of the molecule is CCc1nn(C)c(CC(O)c2cccs2)c1Br. The van der Waals surface area contributed by atoms with E-state index in [2.05, 4.69) is 28.0 Å². The summed E-state index contributed by atoms with van der Waals surface area (Å²) in [5, 5.41) is 16.5. The molecule has 0 aliphatic carbocycles. The maximum Gasteiger partial charge on any atom is 0.0937 e. The van der Waals surface area contributed by atoms with Gasteiger partial charge in [0.05, 0.1) is 22.0 Å². The molecule has 0 saturated heterocycles. The largest absolute Gasteiger partial charge is 0.387 e. The number of hydrogen-bond donors (Lipinski definition) is 1. The van der Waals surface area contributed by atoms with Crippen LogP contribution in [0.25, 0.3) is 0 Å². The highest BCUT2D eigenvalue weighted by atomic mass is 79.9. The van der Waals surface area contributed by atoms with E-state index in [9.17, 15) is 5.11 Å². The lowest BCUT2D eigenvalue weighted by Crippen LogP contribution is -2.05. The molecule has 1 unspecified atom stereocenters. The van der Waals surface area contributed by atoms with Crippen LogP contribution in [0.3, 0.4) is 0 Å². The summed E-state index contributed by atoms with van der Waals surface area (Å²) < 4.78 is 2.87. The minimum atomic E-state index is -0.452. The number of aryl methyl sites for hydroxylation is 2. The van der Waals surface area contributed by atoms with Gasteiger partial charge in [0.25, 0.3) is 0 Å². The van der Waals surface area contributed by atoms with Crippen LogP contribution in [-0.4, -0.2) is 14.9 Å². The van der Waals surface area contributed by atoms with E-state index in [1.54, 1.807) is 11.3 Å². The van der Waals surface area contributed by atoms with Crippen molar-refractivity contribution in [2.24, 2.45) is 7.05 Å². The Labute approximate surface area is 113 Å². The van der Waals surface area contributed by atoms with Crippen LogP contribution < -0.4 is 0 Å². The average molecular weight is 315 g/mol. The predicted molar refractivity (Wildman–Crippen MR) is 73.3 cm³/mol. The Morgan fingerprint density at radius 1 is 1.59 bits per heavy atom. The maximum atomic E-state index is 10.1. The fourth-order valence-corrected chi connectivity index (χ4v) is 3.30. The minimum Gasteiger partial charge on any atom is -0.387 e. The summed E-state index contributed by atoms with van der Waals surface area (Å²) in [6, 6.07) is 3.92. The highest BCUT2D eigenvalue weighted by Gasteiger charge is 2.17. The van der Waals surface area contributed by atoms with Crippen molar-refractivity contribution in [3.8, 4) is 0 Å². The van der Waals surface area contributed by atoms with Crippen LogP contribution in [0.15, 0.2) is 22.0 Å². The Kier molecular flexibility index (Phi) is 4.01. The number of halogens is 1. The molecule has 2 rings (SSSR count). The van der Waals surface area contributed by atoms with Crippen LogP contribution in [0, 0.1) is 0 Å². The van der Waals surface area contributed by atoms with Crippen LogP contribution in [0.4, 0.5) is 0 Å². The van der Waals surface area contributed by atoms with Crippen LogP contribution in [-0.2, 0) is 19.9 Å². The van der Waals surface area contributed by atoms with Crippen LogP contribution in [0.5, 0.6) is 0 Å². The first-order valence-electron chi connectivity index (χ1n) is 5.55.